The molecule has 0 bridgehead atoms. The molecule has 1 saturated heterocycles. The van der Waals surface area contributed by atoms with E-state index >= 15 is 0 Å². The van der Waals surface area contributed by atoms with Crippen LogP contribution in [0.15, 0.2) is 24.3 Å². The molecule has 1 amide bonds. The molecule has 0 spiro atoms. The Bertz CT molecular complexity index is 492. The minimum atomic E-state index is -0.854. The van der Waals surface area contributed by atoms with Gasteiger partial charge in [-0.05, 0) is 12.1 Å². The van der Waals surface area contributed by atoms with Gasteiger partial charge in [-0.25, -0.2) is 0 Å². The number of carbonyl (C=O) groups excluding carboxylic acids is 1. The van der Waals surface area contributed by atoms with Gasteiger partial charge in [-0.15, -0.1) is 0 Å². The number of amides is 1. The molecule has 1 unspecified atom stereocenters. The fourth-order valence-corrected chi connectivity index (χ4v) is 2.38. The molecule has 1 heterocycles. The average molecular weight is 323 g/mol. The lowest BCUT2D eigenvalue weighted by molar-refractivity contribution is 0.0383. The van der Waals surface area contributed by atoms with Crippen molar-refractivity contribution in [2.75, 3.05) is 57.9 Å². The summed E-state index contributed by atoms with van der Waals surface area (Å²) in [5.74, 6) is -0.153. The standard InChI is InChI=1S/C16H25N3O4/c20-12-13(21)11-18-15-4-2-1-3-14(15)16(22)17-5-6-19-7-9-23-10-8-19/h1-4,13,18,20-21H,5-12H2,(H,17,22). The van der Waals surface area contributed by atoms with Gasteiger partial charge in [0.15, 0.2) is 0 Å². The van der Waals surface area contributed by atoms with Crippen molar-refractivity contribution in [3.05, 3.63) is 29.8 Å². The molecule has 7 nitrogen and oxygen atoms in total. The molecule has 7 heteroatoms. The molecule has 1 fully saturated rings. The van der Waals surface area contributed by atoms with Crippen LogP contribution >= 0.6 is 0 Å². The van der Waals surface area contributed by atoms with E-state index in [-0.39, 0.29) is 19.1 Å². The number of morpholine rings is 1. The van der Waals surface area contributed by atoms with Gasteiger partial charge in [0.1, 0.15) is 0 Å². The second kappa shape index (κ2) is 9.46. The van der Waals surface area contributed by atoms with Crippen LogP contribution in [0.2, 0.25) is 0 Å². The third-order valence-corrected chi connectivity index (χ3v) is 3.73. The molecule has 1 aliphatic rings. The monoisotopic (exact) mass is 323 g/mol. The van der Waals surface area contributed by atoms with Crippen molar-refractivity contribution < 1.29 is 19.7 Å². The number of para-hydroxylation sites is 1. The number of anilines is 1. The van der Waals surface area contributed by atoms with Crippen molar-refractivity contribution in [2.45, 2.75) is 6.10 Å². The van der Waals surface area contributed by atoms with Crippen LogP contribution in [0.1, 0.15) is 10.4 Å². The zero-order valence-electron chi connectivity index (χ0n) is 13.2. The quantitative estimate of drug-likeness (QED) is 0.516. The molecule has 0 aromatic heterocycles. The predicted molar refractivity (Wildman–Crippen MR) is 87.6 cm³/mol. The SMILES string of the molecule is O=C(NCCN1CCOCC1)c1ccccc1NCC(O)CO. The van der Waals surface area contributed by atoms with Crippen LogP contribution in [0.5, 0.6) is 0 Å². The second-order valence-corrected chi connectivity index (χ2v) is 5.47. The lowest BCUT2D eigenvalue weighted by Crippen LogP contribution is -2.41. The van der Waals surface area contributed by atoms with Crippen LogP contribution < -0.4 is 10.6 Å². The molecular formula is C16H25N3O4. The number of ether oxygens (including phenoxy) is 1. The molecule has 1 aromatic carbocycles. The lowest BCUT2D eigenvalue weighted by Gasteiger charge is -2.26. The number of nitrogens with one attached hydrogen (secondary N) is 2. The summed E-state index contributed by atoms with van der Waals surface area (Å²) in [6.07, 6.45) is -0.854. The number of aliphatic hydroxyl groups is 2. The smallest absolute Gasteiger partial charge is 0.253 e. The minimum absolute atomic E-state index is 0.153. The average Bonchev–Trinajstić information content (AvgIpc) is 2.60. The van der Waals surface area contributed by atoms with Gasteiger partial charge in [0.05, 0.1) is 31.5 Å². The zero-order chi connectivity index (χ0) is 16.5. The van der Waals surface area contributed by atoms with Crippen LogP contribution in [0, 0.1) is 0 Å². The van der Waals surface area contributed by atoms with Crippen LogP contribution in [-0.2, 0) is 4.74 Å². The van der Waals surface area contributed by atoms with Crippen molar-refractivity contribution in [2.24, 2.45) is 0 Å². The molecule has 128 valence electrons. The molecule has 0 aliphatic carbocycles. The van der Waals surface area contributed by atoms with E-state index < -0.39 is 6.10 Å². The normalized spacial score (nSPS) is 16.8. The first kappa shape index (κ1) is 17.7. The summed E-state index contributed by atoms with van der Waals surface area (Å²) in [5.41, 5.74) is 1.17. The molecule has 0 radical (unpaired) electrons. The summed E-state index contributed by atoms with van der Waals surface area (Å²) in [6, 6.07) is 7.13. The van der Waals surface area contributed by atoms with Gasteiger partial charge >= 0.3 is 0 Å². The van der Waals surface area contributed by atoms with E-state index in [0.29, 0.717) is 17.8 Å². The zero-order valence-corrected chi connectivity index (χ0v) is 13.2. The summed E-state index contributed by atoms with van der Waals surface area (Å²) < 4.78 is 5.29. The Labute approximate surface area is 136 Å². The molecular weight excluding hydrogens is 298 g/mol. The van der Waals surface area contributed by atoms with Crippen molar-refractivity contribution in [3.8, 4) is 0 Å². The summed E-state index contributed by atoms with van der Waals surface area (Å²) in [5, 5.41) is 24.2. The summed E-state index contributed by atoms with van der Waals surface area (Å²) in [6.45, 7) is 4.53. The van der Waals surface area contributed by atoms with Crippen LogP contribution in [-0.4, -0.2) is 79.7 Å². The summed E-state index contributed by atoms with van der Waals surface area (Å²) in [7, 11) is 0. The van der Waals surface area contributed by atoms with Gasteiger partial charge < -0.3 is 25.6 Å². The summed E-state index contributed by atoms with van der Waals surface area (Å²) in [4.78, 5) is 14.6. The highest BCUT2D eigenvalue weighted by Gasteiger charge is 2.13. The van der Waals surface area contributed by atoms with E-state index in [4.69, 9.17) is 9.84 Å². The molecule has 2 rings (SSSR count). The fraction of sp³-hybridized carbons (Fsp3) is 0.562. The predicted octanol–water partition coefficient (Wildman–Crippen LogP) is -0.486. The largest absolute Gasteiger partial charge is 0.394 e. The van der Waals surface area contributed by atoms with Gasteiger partial charge in [-0.3, -0.25) is 9.69 Å². The van der Waals surface area contributed by atoms with Gasteiger partial charge in [0.25, 0.3) is 5.91 Å². The molecule has 23 heavy (non-hydrogen) atoms. The second-order valence-electron chi connectivity index (χ2n) is 5.47. The number of rotatable bonds is 8. The molecule has 0 saturated carbocycles. The number of benzene rings is 1. The molecule has 1 aliphatic heterocycles. The highest BCUT2D eigenvalue weighted by atomic mass is 16.5. The number of hydrogen-bond acceptors (Lipinski definition) is 6. The number of aliphatic hydroxyl groups excluding tert-OH is 2. The highest BCUT2D eigenvalue weighted by molar-refractivity contribution is 5.99. The van der Waals surface area contributed by atoms with Gasteiger partial charge in [0, 0.05) is 38.4 Å². The van der Waals surface area contributed by atoms with Crippen LogP contribution in [0.3, 0.4) is 0 Å². The van der Waals surface area contributed by atoms with E-state index in [1.165, 1.54) is 0 Å². The maximum absolute atomic E-state index is 12.3. The van der Waals surface area contributed by atoms with E-state index in [1.54, 1.807) is 18.2 Å². The van der Waals surface area contributed by atoms with E-state index in [9.17, 15) is 9.90 Å². The highest BCUT2D eigenvalue weighted by Crippen LogP contribution is 2.14. The first-order valence-electron chi connectivity index (χ1n) is 7.91. The Kier molecular flexibility index (Phi) is 7.28. The van der Waals surface area contributed by atoms with E-state index in [1.807, 2.05) is 6.07 Å². The Morgan fingerprint density at radius 2 is 2.04 bits per heavy atom. The van der Waals surface area contributed by atoms with Gasteiger partial charge in [-0.1, -0.05) is 12.1 Å². The summed E-state index contributed by atoms with van der Waals surface area (Å²) >= 11 is 0. The Morgan fingerprint density at radius 3 is 2.78 bits per heavy atom. The molecule has 4 N–H and O–H groups in total. The van der Waals surface area contributed by atoms with Crippen molar-refractivity contribution in [1.82, 2.24) is 10.2 Å². The number of carbonyl (C=O) groups is 1. The number of hydrogen-bond donors (Lipinski definition) is 4. The van der Waals surface area contributed by atoms with E-state index in [2.05, 4.69) is 15.5 Å². The Balaban J connectivity index is 1.83. The third kappa shape index (κ3) is 5.80. The third-order valence-electron chi connectivity index (χ3n) is 3.73. The first-order chi connectivity index (χ1) is 11.2. The van der Waals surface area contributed by atoms with Crippen molar-refractivity contribution in [3.63, 3.8) is 0 Å². The van der Waals surface area contributed by atoms with Gasteiger partial charge in [-0.2, -0.15) is 0 Å². The fourth-order valence-electron chi connectivity index (χ4n) is 2.38. The van der Waals surface area contributed by atoms with E-state index in [0.717, 1.165) is 32.8 Å². The van der Waals surface area contributed by atoms with Crippen LogP contribution in [0.4, 0.5) is 5.69 Å². The maximum atomic E-state index is 12.3. The van der Waals surface area contributed by atoms with Crippen LogP contribution in [0.25, 0.3) is 0 Å². The Hall–Kier alpha value is -1.67. The first-order valence-corrected chi connectivity index (χ1v) is 7.91. The van der Waals surface area contributed by atoms with Gasteiger partial charge in [0.2, 0.25) is 0 Å². The molecule has 1 atom stereocenters. The number of nitrogens with zero attached hydrogens (tertiary/aromatic N) is 1. The Morgan fingerprint density at radius 1 is 1.30 bits per heavy atom. The maximum Gasteiger partial charge on any atom is 0.253 e. The van der Waals surface area contributed by atoms with Crippen molar-refractivity contribution in [1.29, 1.82) is 0 Å². The lowest BCUT2D eigenvalue weighted by atomic mass is 10.1. The molecule has 1 aromatic rings. The topological polar surface area (TPSA) is 94.1 Å². The van der Waals surface area contributed by atoms with Crippen molar-refractivity contribution >= 4 is 11.6 Å². The minimum Gasteiger partial charge on any atom is -0.394 e.